The third-order valence-corrected chi connectivity index (χ3v) is 2.07. The van der Waals surface area contributed by atoms with E-state index in [1.165, 1.54) is 0 Å². The number of hydrogen-bond acceptors (Lipinski definition) is 2. The van der Waals surface area contributed by atoms with E-state index in [2.05, 4.69) is 5.32 Å². The third-order valence-electron chi connectivity index (χ3n) is 2.07. The molecule has 0 aliphatic heterocycles. The Hall–Kier alpha value is -1.49. The largest absolute Gasteiger partial charge is 0.346 e. The Kier molecular flexibility index (Phi) is 4.85. The van der Waals surface area contributed by atoms with Crippen LogP contribution in [0.4, 0.5) is 8.78 Å². The minimum atomic E-state index is -2.53. The fraction of sp³-hybridized carbons (Fsp3) is 0.364. The van der Waals surface area contributed by atoms with E-state index in [4.69, 9.17) is 5.73 Å². The van der Waals surface area contributed by atoms with Crippen LogP contribution in [-0.4, -0.2) is 25.4 Å². The van der Waals surface area contributed by atoms with Gasteiger partial charge in [0.1, 0.15) is 0 Å². The predicted molar refractivity (Wildman–Crippen MR) is 57.5 cm³/mol. The first kappa shape index (κ1) is 12.6. The Balaban J connectivity index is 2.56. The van der Waals surface area contributed by atoms with Crippen molar-refractivity contribution in [3.63, 3.8) is 0 Å². The second-order valence-electron chi connectivity index (χ2n) is 3.34. The second-order valence-corrected chi connectivity index (χ2v) is 3.34. The van der Waals surface area contributed by atoms with Crippen molar-refractivity contribution in [2.75, 3.05) is 13.1 Å². The van der Waals surface area contributed by atoms with E-state index in [0.29, 0.717) is 12.1 Å². The molecule has 3 N–H and O–H groups in total. The standard InChI is InChI=1S/C11H14F2N2O/c12-10(13)7-15-11(16)9-3-1-8(2-4-9)5-6-14/h1-4,10H,5-7,14H2,(H,15,16). The SMILES string of the molecule is NCCc1ccc(C(=O)NCC(F)F)cc1. The average molecular weight is 228 g/mol. The lowest BCUT2D eigenvalue weighted by atomic mass is 10.1. The Morgan fingerprint density at radius 1 is 1.31 bits per heavy atom. The van der Waals surface area contributed by atoms with Crippen molar-refractivity contribution in [2.24, 2.45) is 5.73 Å². The van der Waals surface area contributed by atoms with Crippen molar-refractivity contribution in [3.8, 4) is 0 Å². The van der Waals surface area contributed by atoms with Gasteiger partial charge in [0.25, 0.3) is 12.3 Å². The molecule has 1 rings (SSSR count). The highest BCUT2D eigenvalue weighted by Crippen LogP contribution is 2.05. The molecule has 0 aliphatic rings. The molecule has 0 atom stereocenters. The maximum absolute atomic E-state index is 11.8. The number of amides is 1. The van der Waals surface area contributed by atoms with E-state index in [1.54, 1.807) is 24.3 Å². The maximum atomic E-state index is 11.8. The monoisotopic (exact) mass is 228 g/mol. The molecule has 0 heterocycles. The molecule has 5 heteroatoms. The quantitative estimate of drug-likeness (QED) is 0.795. The summed E-state index contributed by atoms with van der Waals surface area (Å²) in [7, 11) is 0. The fourth-order valence-electron chi connectivity index (χ4n) is 1.26. The molecule has 88 valence electrons. The van der Waals surface area contributed by atoms with Gasteiger partial charge in [-0.2, -0.15) is 0 Å². The van der Waals surface area contributed by atoms with Crippen molar-refractivity contribution in [2.45, 2.75) is 12.8 Å². The lowest BCUT2D eigenvalue weighted by Crippen LogP contribution is -2.28. The topological polar surface area (TPSA) is 55.1 Å². The summed E-state index contributed by atoms with van der Waals surface area (Å²) < 4.78 is 23.7. The van der Waals surface area contributed by atoms with Crippen LogP contribution in [0, 0.1) is 0 Å². The predicted octanol–water partition coefficient (Wildman–Crippen LogP) is 1.18. The Morgan fingerprint density at radius 3 is 2.44 bits per heavy atom. The Labute approximate surface area is 92.6 Å². The first-order valence-corrected chi connectivity index (χ1v) is 4.99. The summed E-state index contributed by atoms with van der Waals surface area (Å²) in [5, 5.41) is 2.14. The number of carbonyl (C=O) groups is 1. The fourth-order valence-corrected chi connectivity index (χ4v) is 1.26. The van der Waals surface area contributed by atoms with Crippen LogP contribution in [0.3, 0.4) is 0 Å². The number of carbonyl (C=O) groups excluding carboxylic acids is 1. The van der Waals surface area contributed by atoms with E-state index >= 15 is 0 Å². The Morgan fingerprint density at radius 2 is 1.94 bits per heavy atom. The number of alkyl halides is 2. The molecule has 0 bridgehead atoms. The van der Waals surface area contributed by atoms with E-state index in [1.807, 2.05) is 0 Å². The number of halogens is 2. The summed E-state index contributed by atoms with van der Waals surface area (Å²) in [6, 6.07) is 6.74. The van der Waals surface area contributed by atoms with Gasteiger partial charge in [-0.25, -0.2) is 8.78 Å². The molecular formula is C11H14F2N2O. The minimum absolute atomic E-state index is 0.376. The molecule has 0 radical (unpaired) electrons. The van der Waals surface area contributed by atoms with Gasteiger partial charge < -0.3 is 11.1 Å². The molecule has 1 aromatic carbocycles. The third kappa shape index (κ3) is 3.94. The van der Waals surface area contributed by atoms with Crippen molar-refractivity contribution in [1.82, 2.24) is 5.32 Å². The van der Waals surface area contributed by atoms with E-state index < -0.39 is 18.9 Å². The lowest BCUT2D eigenvalue weighted by Gasteiger charge is -2.05. The van der Waals surface area contributed by atoms with Crippen LogP contribution >= 0.6 is 0 Å². The summed E-state index contributed by atoms with van der Waals surface area (Å²) in [6.45, 7) is -0.0830. The van der Waals surface area contributed by atoms with Crippen LogP contribution in [-0.2, 0) is 6.42 Å². The molecular weight excluding hydrogens is 214 g/mol. The van der Waals surface area contributed by atoms with Crippen LogP contribution in [0.2, 0.25) is 0 Å². The number of nitrogens with one attached hydrogen (secondary N) is 1. The molecule has 16 heavy (non-hydrogen) atoms. The molecule has 0 aliphatic carbocycles. The van der Waals surface area contributed by atoms with Gasteiger partial charge in [0.15, 0.2) is 0 Å². The zero-order valence-electron chi connectivity index (χ0n) is 8.75. The van der Waals surface area contributed by atoms with E-state index in [-0.39, 0.29) is 0 Å². The van der Waals surface area contributed by atoms with Crippen LogP contribution in [0.5, 0.6) is 0 Å². The van der Waals surface area contributed by atoms with Gasteiger partial charge in [0, 0.05) is 5.56 Å². The lowest BCUT2D eigenvalue weighted by molar-refractivity contribution is 0.0891. The Bertz CT molecular complexity index is 338. The summed E-state index contributed by atoms with van der Waals surface area (Å²) >= 11 is 0. The van der Waals surface area contributed by atoms with E-state index in [0.717, 1.165) is 12.0 Å². The van der Waals surface area contributed by atoms with Gasteiger partial charge in [0.2, 0.25) is 0 Å². The summed E-state index contributed by atoms with van der Waals surface area (Å²) in [4.78, 5) is 11.3. The smallest absolute Gasteiger partial charge is 0.255 e. The van der Waals surface area contributed by atoms with Gasteiger partial charge in [-0.15, -0.1) is 0 Å². The van der Waals surface area contributed by atoms with Crippen molar-refractivity contribution < 1.29 is 13.6 Å². The van der Waals surface area contributed by atoms with Crippen molar-refractivity contribution in [3.05, 3.63) is 35.4 Å². The zero-order valence-corrected chi connectivity index (χ0v) is 8.75. The van der Waals surface area contributed by atoms with Gasteiger partial charge in [-0.1, -0.05) is 12.1 Å². The summed E-state index contributed by atoms with van der Waals surface area (Å²) in [5.41, 5.74) is 6.77. The molecule has 0 fully saturated rings. The first-order valence-electron chi connectivity index (χ1n) is 4.99. The molecule has 1 aromatic rings. The van der Waals surface area contributed by atoms with Crippen LogP contribution < -0.4 is 11.1 Å². The van der Waals surface area contributed by atoms with Gasteiger partial charge in [0.05, 0.1) is 6.54 Å². The van der Waals surface area contributed by atoms with E-state index in [9.17, 15) is 13.6 Å². The normalized spacial score (nSPS) is 10.5. The number of nitrogens with two attached hydrogens (primary N) is 1. The number of rotatable bonds is 5. The van der Waals surface area contributed by atoms with Gasteiger partial charge in [-0.05, 0) is 30.7 Å². The van der Waals surface area contributed by atoms with Crippen LogP contribution in [0.1, 0.15) is 15.9 Å². The first-order chi connectivity index (χ1) is 7.63. The van der Waals surface area contributed by atoms with Gasteiger partial charge >= 0.3 is 0 Å². The van der Waals surface area contributed by atoms with Crippen LogP contribution in [0.15, 0.2) is 24.3 Å². The minimum Gasteiger partial charge on any atom is -0.346 e. The maximum Gasteiger partial charge on any atom is 0.255 e. The highest BCUT2D eigenvalue weighted by molar-refractivity contribution is 5.94. The molecule has 0 aromatic heterocycles. The molecule has 1 amide bonds. The molecule has 0 unspecified atom stereocenters. The van der Waals surface area contributed by atoms with Gasteiger partial charge in [-0.3, -0.25) is 4.79 Å². The summed E-state index contributed by atoms with van der Waals surface area (Å²) in [5.74, 6) is -0.486. The second kappa shape index (κ2) is 6.17. The highest BCUT2D eigenvalue weighted by atomic mass is 19.3. The zero-order chi connectivity index (χ0) is 12.0. The molecule has 0 saturated heterocycles. The molecule has 0 saturated carbocycles. The molecule has 3 nitrogen and oxygen atoms in total. The van der Waals surface area contributed by atoms with Crippen molar-refractivity contribution >= 4 is 5.91 Å². The average Bonchev–Trinajstić information content (AvgIpc) is 2.27. The number of benzene rings is 1. The van der Waals surface area contributed by atoms with Crippen molar-refractivity contribution in [1.29, 1.82) is 0 Å². The highest BCUT2D eigenvalue weighted by Gasteiger charge is 2.08. The summed E-state index contributed by atoms with van der Waals surface area (Å²) in [6.07, 6.45) is -1.79. The number of hydrogen-bond donors (Lipinski definition) is 2. The molecule has 0 spiro atoms. The van der Waals surface area contributed by atoms with Crippen LogP contribution in [0.25, 0.3) is 0 Å².